The molecule has 142 valence electrons. The summed E-state index contributed by atoms with van der Waals surface area (Å²) >= 11 is 0. The van der Waals surface area contributed by atoms with E-state index < -0.39 is 17.2 Å². The lowest BCUT2D eigenvalue weighted by Gasteiger charge is -2.28. The fraction of sp³-hybridized carbons (Fsp3) is 0.389. The molecule has 0 saturated carbocycles. The van der Waals surface area contributed by atoms with Crippen molar-refractivity contribution in [3.05, 3.63) is 57.8 Å². The molecule has 0 aliphatic carbocycles. The van der Waals surface area contributed by atoms with Crippen LogP contribution in [0.3, 0.4) is 0 Å². The molecule has 1 aromatic carbocycles. The molecule has 0 aliphatic heterocycles. The summed E-state index contributed by atoms with van der Waals surface area (Å²) in [5, 5.41) is 4.12. The third-order valence-electron chi connectivity index (χ3n) is 3.96. The van der Waals surface area contributed by atoms with Gasteiger partial charge in [-0.05, 0) is 31.0 Å². The summed E-state index contributed by atoms with van der Waals surface area (Å²) in [4.78, 5) is 26.3. The average molecular weight is 383 g/mol. The molecule has 2 N–H and O–H groups in total. The molecule has 1 heterocycles. The Labute approximate surface area is 158 Å². The zero-order chi connectivity index (χ0) is 18.8. The van der Waals surface area contributed by atoms with Gasteiger partial charge in [0.2, 0.25) is 5.43 Å². The Bertz CT molecular complexity index is 851. The van der Waals surface area contributed by atoms with E-state index in [0.29, 0.717) is 18.8 Å². The van der Waals surface area contributed by atoms with Crippen LogP contribution in [0.4, 0.5) is 4.39 Å². The smallest absolute Gasteiger partial charge is 0.278 e. The van der Waals surface area contributed by atoms with Crippen molar-refractivity contribution in [2.24, 2.45) is 11.1 Å². The monoisotopic (exact) mass is 382 g/mol. The third kappa shape index (κ3) is 4.68. The van der Waals surface area contributed by atoms with Crippen molar-refractivity contribution in [3.8, 4) is 5.69 Å². The molecule has 0 spiro atoms. The fourth-order valence-corrected chi connectivity index (χ4v) is 2.52. The van der Waals surface area contributed by atoms with Gasteiger partial charge in [0.1, 0.15) is 11.5 Å². The van der Waals surface area contributed by atoms with E-state index in [4.69, 9.17) is 5.73 Å². The summed E-state index contributed by atoms with van der Waals surface area (Å²) < 4.78 is 15.3. The zero-order valence-corrected chi connectivity index (χ0v) is 16.1. The lowest BCUT2D eigenvalue weighted by atomic mass is 9.93. The van der Waals surface area contributed by atoms with Gasteiger partial charge in [0.05, 0.1) is 0 Å². The number of nitrogens with two attached hydrogens (primary N) is 1. The summed E-state index contributed by atoms with van der Waals surface area (Å²) in [5.41, 5.74) is 5.29. The van der Waals surface area contributed by atoms with Gasteiger partial charge in [-0.1, -0.05) is 26.0 Å². The molecular formula is C18H24ClFN4O2. The van der Waals surface area contributed by atoms with Gasteiger partial charge in [-0.15, -0.1) is 12.4 Å². The summed E-state index contributed by atoms with van der Waals surface area (Å²) in [7, 11) is 1.59. The van der Waals surface area contributed by atoms with E-state index in [1.807, 2.05) is 13.8 Å². The van der Waals surface area contributed by atoms with E-state index in [-0.39, 0.29) is 29.2 Å². The second-order valence-electron chi connectivity index (χ2n) is 6.89. The number of aromatic nitrogens is 2. The van der Waals surface area contributed by atoms with Gasteiger partial charge < -0.3 is 10.6 Å². The van der Waals surface area contributed by atoms with Gasteiger partial charge >= 0.3 is 0 Å². The molecule has 0 unspecified atom stereocenters. The Hall–Kier alpha value is -2.25. The normalized spacial score (nSPS) is 11.0. The predicted molar refractivity (Wildman–Crippen MR) is 102 cm³/mol. The van der Waals surface area contributed by atoms with Gasteiger partial charge in [-0.2, -0.15) is 5.10 Å². The quantitative estimate of drug-likeness (QED) is 0.859. The van der Waals surface area contributed by atoms with Crippen molar-refractivity contribution in [1.82, 2.24) is 14.7 Å². The van der Waals surface area contributed by atoms with Crippen LogP contribution in [0.1, 0.15) is 30.0 Å². The van der Waals surface area contributed by atoms with Crippen LogP contribution in [-0.2, 0) is 0 Å². The number of para-hydroxylation sites is 1. The number of benzene rings is 1. The molecule has 0 radical (unpaired) electrons. The fourth-order valence-electron chi connectivity index (χ4n) is 2.52. The van der Waals surface area contributed by atoms with Crippen LogP contribution in [-0.4, -0.2) is 40.7 Å². The topological polar surface area (TPSA) is 81.2 Å². The molecule has 2 rings (SSSR count). The molecule has 2 aromatic rings. The van der Waals surface area contributed by atoms with Crippen molar-refractivity contribution in [2.75, 3.05) is 20.1 Å². The molecule has 1 amide bonds. The van der Waals surface area contributed by atoms with E-state index in [1.54, 1.807) is 26.1 Å². The molecule has 0 atom stereocenters. The maximum Gasteiger partial charge on any atom is 0.278 e. The maximum atomic E-state index is 14.1. The lowest BCUT2D eigenvalue weighted by molar-refractivity contribution is 0.0731. The van der Waals surface area contributed by atoms with Crippen LogP contribution in [0, 0.1) is 18.2 Å². The average Bonchev–Trinajstić information content (AvgIpc) is 2.55. The van der Waals surface area contributed by atoms with Crippen molar-refractivity contribution in [3.63, 3.8) is 0 Å². The first kappa shape index (κ1) is 21.8. The first-order valence-corrected chi connectivity index (χ1v) is 7.98. The molecule has 0 bridgehead atoms. The highest BCUT2D eigenvalue weighted by molar-refractivity contribution is 5.92. The summed E-state index contributed by atoms with van der Waals surface area (Å²) in [5.74, 6) is -1.01. The molecule has 8 heteroatoms. The maximum absolute atomic E-state index is 14.1. The van der Waals surface area contributed by atoms with E-state index in [0.717, 1.165) is 0 Å². The Morgan fingerprint density at radius 1 is 1.35 bits per heavy atom. The van der Waals surface area contributed by atoms with Gasteiger partial charge in [0.25, 0.3) is 5.91 Å². The largest absolute Gasteiger partial charge is 0.340 e. The number of hydrogen-bond donors (Lipinski definition) is 1. The number of rotatable bonds is 5. The molecule has 0 saturated heterocycles. The highest BCUT2D eigenvalue weighted by Crippen LogP contribution is 2.16. The Balaban J connectivity index is 0.00000338. The minimum absolute atomic E-state index is 0. The number of amides is 1. The second kappa shape index (κ2) is 8.42. The summed E-state index contributed by atoms with van der Waals surface area (Å²) in [6, 6.07) is 7.34. The second-order valence-corrected chi connectivity index (χ2v) is 6.89. The number of aryl methyl sites for hydroxylation is 1. The van der Waals surface area contributed by atoms with E-state index >= 15 is 0 Å². The van der Waals surface area contributed by atoms with Crippen LogP contribution in [0.25, 0.3) is 5.69 Å². The van der Waals surface area contributed by atoms with Crippen LogP contribution >= 0.6 is 12.4 Å². The van der Waals surface area contributed by atoms with E-state index in [1.165, 1.54) is 27.8 Å². The summed E-state index contributed by atoms with van der Waals surface area (Å²) in [6.07, 6.45) is 0. The van der Waals surface area contributed by atoms with Crippen LogP contribution in [0.5, 0.6) is 0 Å². The molecule has 26 heavy (non-hydrogen) atoms. The minimum atomic E-state index is -0.517. The lowest BCUT2D eigenvalue weighted by Crippen LogP contribution is -2.41. The van der Waals surface area contributed by atoms with Gasteiger partial charge in [0, 0.05) is 25.4 Å². The van der Waals surface area contributed by atoms with Crippen molar-refractivity contribution < 1.29 is 9.18 Å². The van der Waals surface area contributed by atoms with Crippen molar-refractivity contribution in [1.29, 1.82) is 0 Å². The number of carbonyl (C=O) groups excluding carboxylic acids is 1. The minimum Gasteiger partial charge on any atom is -0.340 e. The number of halogens is 2. The first-order chi connectivity index (χ1) is 11.7. The number of carbonyl (C=O) groups is 1. The third-order valence-corrected chi connectivity index (χ3v) is 3.96. The SMILES string of the molecule is Cc1cc(=O)c(C(=O)N(C)CC(C)(C)CN)nn1-c1ccccc1F.Cl. The first-order valence-electron chi connectivity index (χ1n) is 7.98. The Morgan fingerprint density at radius 2 is 1.96 bits per heavy atom. The number of hydrogen-bond acceptors (Lipinski definition) is 4. The molecule has 0 fully saturated rings. The van der Waals surface area contributed by atoms with Gasteiger partial charge in [-0.25, -0.2) is 9.07 Å². The van der Waals surface area contributed by atoms with Crippen molar-refractivity contribution in [2.45, 2.75) is 20.8 Å². The van der Waals surface area contributed by atoms with Crippen LogP contribution in [0.15, 0.2) is 35.1 Å². The zero-order valence-electron chi connectivity index (χ0n) is 15.3. The molecule has 1 aromatic heterocycles. The van der Waals surface area contributed by atoms with Gasteiger partial charge in [-0.3, -0.25) is 9.59 Å². The predicted octanol–water partition coefficient (Wildman–Crippen LogP) is 2.16. The highest BCUT2D eigenvalue weighted by atomic mass is 35.5. The van der Waals surface area contributed by atoms with Crippen molar-refractivity contribution >= 4 is 18.3 Å². The van der Waals surface area contributed by atoms with Crippen LogP contribution < -0.4 is 11.2 Å². The standard InChI is InChI=1S/C18H23FN4O2.ClH/c1-12-9-15(24)16(17(25)22(4)11-18(2,3)10-20)21-23(12)14-8-6-5-7-13(14)19;/h5-9H,10-11,20H2,1-4H3;1H. The Kier molecular flexibility index (Phi) is 7.06. The summed E-state index contributed by atoms with van der Waals surface area (Å²) in [6.45, 7) is 6.26. The highest BCUT2D eigenvalue weighted by Gasteiger charge is 2.25. The van der Waals surface area contributed by atoms with E-state index in [9.17, 15) is 14.0 Å². The van der Waals surface area contributed by atoms with Crippen LogP contribution in [0.2, 0.25) is 0 Å². The molecule has 6 nitrogen and oxygen atoms in total. The Morgan fingerprint density at radius 3 is 2.54 bits per heavy atom. The van der Waals surface area contributed by atoms with Gasteiger partial charge in [0.15, 0.2) is 5.69 Å². The number of nitrogens with zero attached hydrogens (tertiary/aromatic N) is 3. The van der Waals surface area contributed by atoms with E-state index in [2.05, 4.69) is 5.10 Å². The molecular weight excluding hydrogens is 359 g/mol. The molecule has 0 aliphatic rings.